The van der Waals surface area contributed by atoms with Crippen LogP contribution < -0.4 is 0 Å². The van der Waals surface area contributed by atoms with Gasteiger partial charge in [0.1, 0.15) is 0 Å². The minimum atomic E-state index is -2.54. The lowest BCUT2D eigenvalue weighted by Crippen LogP contribution is -2.45. The van der Waals surface area contributed by atoms with Crippen LogP contribution in [0.1, 0.15) is 53.4 Å². The molecule has 0 aromatic rings. The molecule has 18 heavy (non-hydrogen) atoms. The van der Waals surface area contributed by atoms with E-state index in [2.05, 4.69) is 18.8 Å². The van der Waals surface area contributed by atoms with E-state index in [0.29, 0.717) is 25.9 Å². The predicted octanol–water partition coefficient (Wildman–Crippen LogP) is 3.62. The molecule has 0 heterocycles. The molecule has 0 aromatic heterocycles. The summed E-state index contributed by atoms with van der Waals surface area (Å²) >= 11 is 0. The average Bonchev–Trinajstić information content (AvgIpc) is 2.35. The highest BCUT2D eigenvalue weighted by molar-refractivity contribution is 6.61. The molecule has 0 radical (unpaired) electrons. The minimum absolute atomic E-state index is 0.606. The van der Waals surface area contributed by atoms with Crippen LogP contribution in [0.25, 0.3) is 0 Å². The van der Waals surface area contributed by atoms with E-state index in [-0.39, 0.29) is 0 Å². The van der Waals surface area contributed by atoms with Gasteiger partial charge in [-0.15, -0.1) is 5.92 Å². The third-order valence-electron chi connectivity index (χ3n) is 2.43. The van der Waals surface area contributed by atoms with Crippen molar-refractivity contribution < 1.29 is 13.3 Å². The van der Waals surface area contributed by atoms with Crippen molar-refractivity contribution in [3.63, 3.8) is 0 Å². The predicted molar refractivity (Wildman–Crippen MR) is 77.4 cm³/mol. The SMILES string of the molecule is CCCCCC#CC[Si](OCC)(OCC)OCC. The van der Waals surface area contributed by atoms with Gasteiger partial charge in [-0.3, -0.25) is 0 Å². The van der Waals surface area contributed by atoms with Gasteiger partial charge in [-0.1, -0.05) is 25.7 Å². The largest absolute Gasteiger partial charge is 0.513 e. The zero-order chi connectivity index (χ0) is 13.7. The second kappa shape index (κ2) is 11.7. The molecule has 0 fully saturated rings. The molecule has 0 aromatic carbocycles. The Bertz CT molecular complexity index is 228. The first-order valence-corrected chi connectivity index (χ1v) is 9.05. The molecular formula is C14H28O3Si. The monoisotopic (exact) mass is 272 g/mol. The highest BCUT2D eigenvalue weighted by Crippen LogP contribution is 2.15. The zero-order valence-corrected chi connectivity index (χ0v) is 13.4. The lowest BCUT2D eigenvalue weighted by molar-refractivity contribution is 0.0748. The Labute approximate surface area is 114 Å². The standard InChI is InChI=1S/C14H28O3Si/c1-5-9-10-11-12-13-14-18(15-6-2,16-7-3)17-8-4/h5-11,14H2,1-4H3. The van der Waals surface area contributed by atoms with Crippen LogP contribution >= 0.6 is 0 Å². The summed E-state index contributed by atoms with van der Waals surface area (Å²) in [6, 6.07) is 0.606. The summed E-state index contributed by atoms with van der Waals surface area (Å²) in [5, 5.41) is 0. The molecule has 0 unspecified atom stereocenters. The summed E-state index contributed by atoms with van der Waals surface area (Å²) in [7, 11) is -2.54. The molecule has 0 bridgehead atoms. The van der Waals surface area contributed by atoms with Crippen molar-refractivity contribution in [1.82, 2.24) is 0 Å². The molecule has 4 heteroatoms. The summed E-state index contributed by atoms with van der Waals surface area (Å²) in [4.78, 5) is 0. The van der Waals surface area contributed by atoms with E-state index in [1.807, 2.05) is 20.8 Å². The van der Waals surface area contributed by atoms with Crippen molar-refractivity contribution in [1.29, 1.82) is 0 Å². The molecular weight excluding hydrogens is 244 g/mol. The quantitative estimate of drug-likeness (QED) is 0.345. The highest BCUT2D eigenvalue weighted by atomic mass is 28.4. The van der Waals surface area contributed by atoms with E-state index in [1.165, 1.54) is 19.3 Å². The van der Waals surface area contributed by atoms with Gasteiger partial charge in [0.2, 0.25) is 0 Å². The normalized spacial score (nSPS) is 11.1. The fourth-order valence-corrected chi connectivity index (χ4v) is 3.88. The van der Waals surface area contributed by atoms with E-state index in [4.69, 9.17) is 13.3 Å². The topological polar surface area (TPSA) is 27.7 Å². The Balaban J connectivity index is 4.27. The Morgan fingerprint density at radius 1 is 0.778 bits per heavy atom. The van der Waals surface area contributed by atoms with Crippen LogP contribution in [-0.4, -0.2) is 28.6 Å². The molecule has 0 aliphatic heterocycles. The second-order valence-electron chi connectivity index (χ2n) is 3.97. The van der Waals surface area contributed by atoms with Crippen molar-refractivity contribution in [3.05, 3.63) is 0 Å². The van der Waals surface area contributed by atoms with E-state index in [9.17, 15) is 0 Å². The maximum atomic E-state index is 5.73. The van der Waals surface area contributed by atoms with Crippen molar-refractivity contribution in [3.8, 4) is 11.8 Å². The van der Waals surface area contributed by atoms with Gasteiger partial charge in [0.25, 0.3) is 0 Å². The third-order valence-corrected chi connectivity index (χ3v) is 5.22. The number of hydrogen-bond acceptors (Lipinski definition) is 3. The summed E-state index contributed by atoms with van der Waals surface area (Å²) < 4.78 is 17.2. The molecule has 0 saturated heterocycles. The molecule has 0 rings (SSSR count). The molecule has 0 aliphatic rings. The number of rotatable bonds is 10. The fraction of sp³-hybridized carbons (Fsp3) is 0.857. The summed E-state index contributed by atoms with van der Waals surface area (Å²) in [5.74, 6) is 6.37. The van der Waals surface area contributed by atoms with Gasteiger partial charge in [-0.2, -0.15) is 0 Å². The lowest BCUT2D eigenvalue weighted by Gasteiger charge is -2.26. The first-order valence-electron chi connectivity index (χ1n) is 7.12. The van der Waals surface area contributed by atoms with Crippen LogP contribution in [0.15, 0.2) is 0 Å². The fourth-order valence-electron chi connectivity index (χ4n) is 1.66. The van der Waals surface area contributed by atoms with E-state index < -0.39 is 8.80 Å². The molecule has 3 nitrogen and oxygen atoms in total. The van der Waals surface area contributed by atoms with Crippen LogP contribution in [0, 0.1) is 11.8 Å². The van der Waals surface area contributed by atoms with E-state index in [0.717, 1.165) is 6.42 Å². The smallest absolute Gasteiger partial charge is 0.373 e. The van der Waals surface area contributed by atoms with Crippen LogP contribution in [0.2, 0.25) is 6.04 Å². The zero-order valence-electron chi connectivity index (χ0n) is 12.4. The molecule has 0 amide bonds. The van der Waals surface area contributed by atoms with Crippen LogP contribution in [0.5, 0.6) is 0 Å². The van der Waals surface area contributed by atoms with Crippen LogP contribution in [0.4, 0.5) is 0 Å². The van der Waals surface area contributed by atoms with Gasteiger partial charge in [-0.25, -0.2) is 0 Å². The van der Waals surface area contributed by atoms with Gasteiger partial charge in [0.15, 0.2) is 0 Å². The van der Waals surface area contributed by atoms with Gasteiger partial charge in [-0.05, 0) is 27.2 Å². The first-order chi connectivity index (χ1) is 8.74. The maximum absolute atomic E-state index is 5.73. The maximum Gasteiger partial charge on any atom is 0.513 e. The molecule has 0 saturated carbocycles. The third kappa shape index (κ3) is 7.88. The average molecular weight is 272 g/mol. The van der Waals surface area contributed by atoms with Crippen molar-refractivity contribution in [2.45, 2.75) is 59.4 Å². The summed E-state index contributed by atoms with van der Waals surface area (Å²) in [6.07, 6.45) is 4.62. The van der Waals surface area contributed by atoms with Crippen LogP contribution in [0.3, 0.4) is 0 Å². The Morgan fingerprint density at radius 3 is 1.78 bits per heavy atom. The Hall–Kier alpha value is -0.343. The molecule has 106 valence electrons. The molecule has 0 atom stereocenters. The minimum Gasteiger partial charge on any atom is -0.373 e. The summed E-state index contributed by atoms with van der Waals surface area (Å²) in [5.41, 5.74) is 0. The summed E-state index contributed by atoms with van der Waals surface area (Å²) in [6.45, 7) is 9.94. The number of unbranched alkanes of at least 4 members (excludes halogenated alkanes) is 3. The first kappa shape index (κ1) is 17.7. The highest BCUT2D eigenvalue weighted by Gasteiger charge is 2.39. The van der Waals surface area contributed by atoms with E-state index >= 15 is 0 Å². The van der Waals surface area contributed by atoms with Crippen LogP contribution in [-0.2, 0) is 13.3 Å². The van der Waals surface area contributed by atoms with Gasteiger partial charge >= 0.3 is 8.80 Å². The lowest BCUT2D eigenvalue weighted by atomic mass is 10.2. The van der Waals surface area contributed by atoms with Crippen molar-refractivity contribution in [2.24, 2.45) is 0 Å². The molecule has 0 aliphatic carbocycles. The second-order valence-corrected chi connectivity index (χ2v) is 6.56. The van der Waals surface area contributed by atoms with Gasteiger partial charge in [0, 0.05) is 26.2 Å². The Morgan fingerprint density at radius 2 is 1.33 bits per heavy atom. The van der Waals surface area contributed by atoms with Gasteiger partial charge < -0.3 is 13.3 Å². The van der Waals surface area contributed by atoms with Gasteiger partial charge in [0.05, 0.1) is 6.04 Å². The molecule has 0 N–H and O–H groups in total. The van der Waals surface area contributed by atoms with Crippen molar-refractivity contribution in [2.75, 3.05) is 19.8 Å². The Kier molecular flexibility index (Phi) is 11.5. The molecule has 0 spiro atoms. The van der Waals surface area contributed by atoms with Crippen molar-refractivity contribution >= 4 is 8.80 Å². The van der Waals surface area contributed by atoms with E-state index in [1.54, 1.807) is 0 Å². The number of hydrogen-bond donors (Lipinski definition) is 0.